The number of oxime groups is 1. The molecule has 18 heavy (non-hydrogen) atoms. The van der Waals surface area contributed by atoms with Crippen LogP contribution in [0.4, 0.5) is 5.82 Å². The Labute approximate surface area is 106 Å². The van der Waals surface area contributed by atoms with Crippen LogP contribution in [0.15, 0.2) is 17.5 Å². The van der Waals surface area contributed by atoms with Crippen molar-refractivity contribution in [2.24, 2.45) is 10.9 Å². The lowest BCUT2D eigenvalue weighted by Gasteiger charge is -2.20. The Morgan fingerprint density at radius 3 is 2.78 bits per heavy atom. The Balaban J connectivity index is 2.76. The van der Waals surface area contributed by atoms with Gasteiger partial charge in [-0.25, -0.2) is 9.97 Å². The summed E-state index contributed by atoms with van der Waals surface area (Å²) >= 11 is 0. The average molecular weight is 253 g/mol. The molecule has 0 aliphatic heterocycles. The molecule has 0 bridgehead atoms. The lowest BCUT2D eigenvalue weighted by atomic mass is 10.3. The van der Waals surface area contributed by atoms with E-state index in [0.29, 0.717) is 24.7 Å². The zero-order valence-corrected chi connectivity index (χ0v) is 10.9. The Bertz CT molecular complexity index is 408. The molecular formula is C11H19N5O2. The van der Waals surface area contributed by atoms with E-state index in [1.165, 1.54) is 6.20 Å². The standard InChI is InChI=1S/C11H19N5O2/c1-8(2)18-7-6-16(3)11-9(10(12)15-17)13-4-5-14-11/h4-5,8,17H,6-7H2,1-3H3,(H2,12,15). The number of aromatic nitrogens is 2. The molecule has 0 spiro atoms. The van der Waals surface area contributed by atoms with Crippen molar-refractivity contribution in [1.29, 1.82) is 0 Å². The third-order valence-electron chi connectivity index (χ3n) is 2.27. The number of amidine groups is 1. The maximum absolute atomic E-state index is 8.70. The van der Waals surface area contributed by atoms with Gasteiger partial charge in [-0.1, -0.05) is 5.16 Å². The van der Waals surface area contributed by atoms with Crippen LogP contribution >= 0.6 is 0 Å². The molecule has 7 nitrogen and oxygen atoms in total. The molecule has 1 aromatic heterocycles. The van der Waals surface area contributed by atoms with E-state index in [1.54, 1.807) is 6.20 Å². The Morgan fingerprint density at radius 2 is 2.17 bits per heavy atom. The van der Waals surface area contributed by atoms with Gasteiger partial charge in [-0.2, -0.15) is 0 Å². The van der Waals surface area contributed by atoms with Gasteiger partial charge in [-0.3, -0.25) is 0 Å². The number of hydrogen-bond acceptors (Lipinski definition) is 6. The monoisotopic (exact) mass is 253 g/mol. The summed E-state index contributed by atoms with van der Waals surface area (Å²) in [6.07, 6.45) is 3.24. The van der Waals surface area contributed by atoms with E-state index in [1.807, 2.05) is 25.8 Å². The van der Waals surface area contributed by atoms with E-state index in [0.717, 1.165) is 0 Å². The molecule has 7 heteroatoms. The smallest absolute Gasteiger partial charge is 0.192 e. The highest BCUT2D eigenvalue weighted by atomic mass is 16.5. The Morgan fingerprint density at radius 1 is 1.50 bits per heavy atom. The van der Waals surface area contributed by atoms with Gasteiger partial charge in [0.25, 0.3) is 0 Å². The van der Waals surface area contributed by atoms with Crippen molar-refractivity contribution in [2.45, 2.75) is 20.0 Å². The van der Waals surface area contributed by atoms with Crippen molar-refractivity contribution in [3.8, 4) is 0 Å². The van der Waals surface area contributed by atoms with E-state index in [4.69, 9.17) is 15.7 Å². The highest BCUT2D eigenvalue weighted by Crippen LogP contribution is 2.12. The molecule has 0 saturated carbocycles. The SMILES string of the molecule is CC(C)OCCN(C)c1nccnc1C(N)=NO. The van der Waals surface area contributed by atoms with Gasteiger partial charge in [0.1, 0.15) is 0 Å². The minimum absolute atomic E-state index is 0.0604. The third kappa shape index (κ3) is 3.85. The molecule has 0 amide bonds. The van der Waals surface area contributed by atoms with Crippen molar-refractivity contribution >= 4 is 11.7 Å². The van der Waals surface area contributed by atoms with E-state index in [2.05, 4.69) is 15.1 Å². The maximum atomic E-state index is 8.70. The van der Waals surface area contributed by atoms with Crippen molar-refractivity contribution < 1.29 is 9.94 Å². The summed E-state index contributed by atoms with van der Waals surface area (Å²) in [7, 11) is 1.85. The molecule has 1 rings (SSSR count). The maximum Gasteiger partial charge on any atom is 0.192 e. The average Bonchev–Trinajstić information content (AvgIpc) is 2.37. The summed E-state index contributed by atoms with van der Waals surface area (Å²) in [6, 6.07) is 0. The summed E-state index contributed by atoms with van der Waals surface area (Å²) < 4.78 is 5.46. The topological polar surface area (TPSA) is 96.9 Å². The van der Waals surface area contributed by atoms with Gasteiger partial charge in [0.15, 0.2) is 17.3 Å². The van der Waals surface area contributed by atoms with E-state index in [9.17, 15) is 0 Å². The van der Waals surface area contributed by atoms with Gasteiger partial charge in [0.05, 0.1) is 12.7 Å². The second-order valence-corrected chi connectivity index (χ2v) is 4.05. The fourth-order valence-electron chi connectivity index (χ4n) is 1.37. The first kappa shape index (κ1) is 14.2. The van der Waals surface area contributed by atoms with Gasteiger partial charge < -0.3 is 20.6 Å². The first-order valence-electron chi connectivity index (χ1n) is 5.68. The summed E-state index contributed by atoms with van der Waals surface area (Å²) in [4.78, 5) is 10.1. The zero-order valence-electron chi connectivity index (χ0n) is 10.9. The minimum Gasteiger partial charge on any atom is -0.409 e. The van der Waals surface area contributed by atoms with Crippen LogP contribution in [-0.2, 0) is 4.74 Å². The molecule has 0 atom stereocenters. The Kier molecular flexibility index (Phi) is 5.31. The van der Waals surface area contributed by atoms with Crippen LogP contribution in [-0.4, -0.2) is 47.3 Å². The first-order chi connectivity index (χ1) is 8.56. The number of hydrogen-bond donors (Lipinski definition) is 2. The van der Waals surface area contributed by atoms with Gasteiger partial charge >= 0.3 is 0 Å². The second-order valence-electron chi connectivity index (χ2n) is 4.05. The number of likely N-dealkylation sites (N-methyl/N-ethyl adjacent to an activating group) is 1. The summed E-state index contributed by atoms with van der Waals surface area (Å²) in [5.41, 5.74) is 5.90. The van der Waals surface area contributed by atoms with Crippen molar-refractivity contribution in [1.82, 2.24) is 9.97 Å². The van der Waals surface area contributed by atoms with Crippen LogP contribution in [0.2, 0.25) is 0 Å². The summed E-state index contributed by atoms with van der Waals surface area (Å²) in [5, 5.41) is 11.6. The molecule has 0 fully saturated rings. The quantitative estimate of drug-likeness (QED) is 0.330. The van der Waals surface area contributed by atoms with Gasteiger partial charge in [0, 0.05) is 26.0 Å². The van der Waals surface area contributed by atoms with Crippen molar-refractivity contribution in [3.63, 3.8) is 0 Å². The van der Waals surface area contributed by atoms with Crippen LogP contribution < -0.4 is 10.6 Å². The minimum atomic E-state index is -0.0604. The van der Waals surface area contributed by atoms with E-state index in [-0.39, 0.29) is 11.9 Å². The molecule has 0 aliphatic carbocycles. The predicted octanol–water partition coefficient (Wildman–Crippen LogP) is 0.432. The fourth-order valence-corrected chi connectivity index (χ4v) is 1.37. The summed E-state index contributed by atoms with van der Waals surface area (Å²) in [6.45, 7) is 5.16. The zero-order chi connectivity index (χ0) is 13.5. The van der Waals surface area contributed by atoms with Crippen LogP contribution in [0.3, 0.4) is 0 Å². The molecule has 0 aromatic carbocycles. The van der Waals surface area contributed by atoms with E-state index >= 15 is 0 Å². The number of nitrogens with zero attached hydrogens (tertiary/aromatic N) is 4. The van der Waals surface area contributed by atoms with Crippen LogP contribution in [0, 0.1) is 0 Å². The highest BCUT2D eigenvalue weighted by Gasteiger charge is 2.13. The lowest BCUT2D eigenvalue weighted by Crippen LogP contribution is -2.28. The lowest BCUT2D eigenvalue weighted by molar-refractivity contribution is 0.0845. The van der Waals surface area contributed by atoms with Crippen molar-refractivity contribution in [3.05, 3.63) is 18.1 Å². The largest absolute Gasteiger partial charge is 0.409 e. The van der Waals surface area contributed by atoms with Crippen LogP contribution in [0.5, 0.6) is 0 Å². The first-order valence-corrected chi connectivity index (χ1v) is 5.68. The molecular weight excluding hydrogens is 234 g/mol. The predicted molar refractivity (Wildman–Crippen MR) is 68.9 cm³/mol. The molecule has 0 unspecified atom stereocenters. The molecule has 0 radical (unpaired) electrons. The number of anilines is 1. The Hall–Kier alpha value is -1.89. The fraction of sp³-hybridized carbons (Fsp3) is 0.545. The molecule has 0 aliphatic rings. The molecule has 3 N–H and O–H groups in total. The molecule has 100 valence electrons. The molecule has 1 aromatic rings. The molecule has 0 saturated heterocycles. The van der Waals surface area contributed by atoms with Crippen LogP contribution in [0.1, 0.15) is 19.5 Å². The van der Waals surface area contributed by atoms with Gasteiger partial charge in [0.2, 0.25) is 0 Å². The summed E-state index contributed by atoms with van der Waals surface area (Å²) in [5.74, 6) is 0.495. The van der Waals surface area contributed by atoms with Gasteiger partial charge in [-0.05, 0) is 13.8 Å². The molecule has 1 heterocycles. The third-order valence-corrected chi connectivity index (χ3v) is 2.27. The van der Waals surface area contributed by atoms with Gasteiger partial charge in [-0.15, -0.1) is 0 Å². The van der Waals surface area contributed by atoms with Crippen LogP contribution in [0.25, 0.3) is 0 Å². The highest BCUT2D eigenvalue weighted by molar-refractivity contribution is 5.99. The second kappa shape index (κ2) is 6.75. The number of nitrogens with two attached hydrogens (primary N) is 1. The van der Waals surface area contributed by atoms with Crippen molar-refractivity contribution in [2.75, 3.05) is 25.1 Å². The number of rotatable bonds is 6. The number of ether oxygens (including phenoxy) is 1. The normalized spacial score (nSPS) is 11.9. The van der Waals surface area contributed by atoms with E-state index < -0.39 is 0 Å².